The Morgan fingerprint density at radius 2 is 1.79 bits per heavy atom. The molecule has 0 aliphatic heterocycles. The highest BCUT2D eigenvalue weighted by atomic mass is 16.2. The topological polar surface area (TPSA) is 61.8 Å². The smallest absolute Gasteiger partial charge is 0.328 e. The molecule has 0 saturated heterocycles. The van der Waals surface area contributed by atoms with Gasteiger partial charge in [-0.3, -0.25) is 13.9 Å². The maximum atomic E-state index is 11.7. The summed E-state index contributed by atoms with van der Waals surface area (Å²) in [5.41, 5.74) is 0.180. The molecule has 74 valence electrons. The largest absolute Gasteiger partial charge is 0.332 e. The van der Waals surface area contributed by atoms with Crippen molar-refractivity contribution in [2.24, 2.45) is 21.1 Å². The fourth-order valence-electron chi connectivity index (χ4n) is 1.47. The van der Waals surface area contributed by atoms with E-state index in [1.165, 1.54) is 17.9 Å². The number of aryl methyl sites for hydroxylation is 2. The molecular weight excluding hydrogens is 187 g/mol. The van der Waals surface area contributed by atoms with Gasteiger partial charge in [-0.25, -0.2) is 9.78 Å². The van der Waals surface area contributed by atoms with Crippen molar-refractivity contribution in [1.29, 1.82) is 0 Å². The zero-order chi connectivity index (χ0) is 10.5. The van der Waals surface area contributed by atoms with Gasteiger partial charge in [0.1, 0.15) is 0 Å². The van der Waals surface area contributed by atoms with Crippen LogP contribution >= 0.6 is 0 Å². The Morgan fingerprint density at radius 3 is 2.43 bits per heavy atom. The van der Waals surface area contributed by atoms with Crippen molar-refractivity contribution in [3.05, 3.63) is 27.2 Å². The van der Waals surface area contributed by atoms with Crippen LogP contribution in [0.5, 0.6) is 0 Å². The second-order valence-corrected chi connectivity index (χ2v) is 3.23. The fraction of sp³-hybridized carbons (Fsp3) is 0.375. The minimum absolute atomic E-state index is 0.317. The predicted molar refractivity (Wildman–Crippen MR) is 51.2 cm³/mol. The van der Waals surface area contributed by atoms with E-state index >= 15 is 0 Å². The van der Waals surface area contributed by atoms with Crippen molar-refractivity contribution in [1.82, 2.24) is 18.7 Å². The van der Waals surface area contributed by atoms with Gasteiger partial charge < -0.3 is 4.57 Å². The molecule has 0 aliphatic carbocycles. The van der Waals surface area contributed by atoms with Crippen LogP contribution in [-0.2, 0) is 21.1 Å². The van der Waals surface area contributed by atoms with Gasteiger partial charge in [-0.1, -0.05) is 0 Å². The monoisotopic (exact) mass is 197 g/mol. The van der Waals surface area contributed by atoms with E-state index in [1.54, 1.807) is 18.7 Å². The molecule has 0 radical (unpaired) electrons. The van der Waals surface area contributed by atoms with E-state index in [0.717, 1.165) is 4.57 Å². The maximum absolute atomic E-state index is 11.7. The van der Waals surface area contributed by atoms with Crippen molar-refractivity contribution < 1.29 is 0 Å². The summed E-state index contributed by atoms with van der Waals surface area (Å²) in [7, 11) is 4.77. The predicted octanol–water partition coefficient (Wildman–Crippen LogP) is -1.03. The normalized spacial score (nSPS) is 11.1. The van der Waals surface area contributed by atoms with Crippen molar-refractivity contribution >= 4 is 11.2 Å². The van der Waals surface area contributed by atoms with Gasteiger partial charge in [0, 0.05) is 21.1 Å². The first kappa shape index (κ1) is 8.74. The van der Waals surface area contributed by atoms with Crippen LogP contribution in [0.3, 0.4) is 0 Å². The van der Waals surface area contributed by atoms with Crippen LogP contribution in [-0.4, -0.2) is 18.7 Å². The lowest BCUT2D eigenvalue weighted by Gasteiger charge is -2.02. The van der Waals surface area contributed by atoms with E-state index in [-0.39, 0.29) is 11.2 Å². The van der Waals surface area contributed by atoms with E-state index in [9.17, 15) is 9.59 Å². The molecule has 0 atom stereocenters. The molecule has 0 spiro atoms. The standard InChI is InChI=1S/C8H10N4O2/c1-10-4-9-6-5(10)7(13)12(3)8(14)11(6)2/h4H,1-3H3/i1+1,2+1,3+1. The minimum atomic E-state index is -0.360. The first-order valence-corrected chi connectivity index (χ1v) is 4.11. The summed E-state index contributed by atoms with van der Waals surface area (Å²) in [5.74, 6) is 0. The molecule has 0 amide bonds. The first-order valence-electron chi connectivity index (χ1n) is 4.11. The Balaban J connectivity index is 3.22. The van der Waals surface area contributed by atoms with E-state index < -0.39 is 0 Å². The Hall–Kier alpha value is -1.85. The molecular formula is C8H10N4O2. The third-order valence-electron chi connectivity index (χ3n) is 2.32. The Bertz CT molecular complexity index is 617. The number of fused-ring (bicyclic) bond motifs is 1. The van der Waals surface area contributed by atoms with Crippen LogP contribution in [0.1, 0.15) is 0 Å². The summed E-state index contributed by atoms with van der Waals surface area (Å²) in [4.78, 5) is 27.2. The second kappa shape index (κ2) is 2.57. The molecule has 2 aromatic rings. The fourth-order valence-corrected chi connectivity index (χ4v) is 1.47. The molecule has 6 heteroatoms. The second-order valence-electron chi connectivity index (χ2n) is 3.23. The molecule has 0 unspecified atom stereocenters. The number of hydrogen-bond acceptors (Lipinski definition) is 3. The van der Waals surface area contributed by atoms with Crippen LogP contribution in [0.2, 0.25) is 0 Å². The Kier molecular flexibility index (Phi) is 1.60. The summed E-state index contributed by atoms with van der Waals surface area (Å²) < 4.78 is 4.04. The van der Waals surface area contributed by atoms with Gasteiger partial charge >= 0.3 is 5.69 Å². The summed E-state index contributed by atoms with van der Waals surface area (Å²) in [5, 5.41) is 0. The Morgan fingerprint density at radius 1 is 1.14 bits per heavy atom. The molecule has 2 aromatic heterocycles. The van der Waals surface area contributed by atoms with E-state index in [4.69, 9.17) is 0 Å². The summed E-state index contributed by atoms with van der Waals surface area (Å²) in [6, 6.07) is 0. The summed E-state index contributed by atoms with van der Waals surface area (Å²) in [6.45, 7) is 0. The zero-order valence-corrected chi connectivity index (χ0v) is 8.18. The van der Waals surface area contributed by atoms with Crippen LogP contribution < -0.4 is 11.2 Å². The van der Waals surface area contributed by atoms with Crippen molar-refractivity contribution in [3.8, 4) is 0 Å². The van der Waals surface area contributed by atoms with Gasteiger partial charge in [-0.15, -0.1) is 0 Å². The van der Waals surface area contributed by atoms with Gasteiger partial charge in [-0.2, -0.15) is 0 Å². The summed E-state index contributed by atoms with van der Waals surface area (Å²) in [6.07, 6.45) is 1.52. The average molecular weight is 197 g/mol. The van der Waals surface area contributed by atoms with Crippen LogP contribution in [0, 0.1) is 0 Å². The lowest BCUT2D eigenvalue weighted by Crippen LogP contribution is -2.37. The SMILES string of the molecule is [13CH3]n1c(=O)c2c(ncn2[13CH3])n([13CH3])c1=O. The maximum Gasteiger partial charge on any atom is 0.332 e. The van der Waals surface area contributed by atoms with E-state index in [1.807, 2.05) is 0 Å². The highest BCUT2D eigenvalue weighted by Gasteiger charge is 2.11. The number of aromatic nitrogens is 4. The van der Waals surface area contributed by atoms with Crippen molar-refractivity contribution in [3.63, 3.8) is 0 Å². The molecule has 0 N–H and O–H groups in total. The molecule has 0 saturated carbocycles. The number of imidazole rings is 1. The molecule has 2 rings (SSSR count). The van der Waals surface area contributed by atoms with Crippen LogP contribution in [0.4, 0.5) is 0 Å². The summed E-state index contributed by atoms with van der Waals surface area (Å²) >= 11 is 0. The first-order chi connectivity index (χ1) is 6.54. The third kappa shape index (κ3) is 0.876. The molecule has 0 fully saturated rings. The molecule has 6 nitrogen and oxygen atoms in total. The van der Waals surface area contributed by atoms with Gasteiger partial charge in [-0.05, 0) is 0 Å². The van der Waals surface area contributed by atoms with Crippen molar-refractivity contribution in [2.75, 3.05) is 0 Å². The highest BCUT2D eigenvalue weighted by Crippen LogP contribution is 2.01. The zero-order valence-electron chi connectivity index (χ0n) is 8.18. The molecule has 0 bridgehead atoms. The molecule has 0 aromatic carbocycles. The minimum Gasteiger partial charge on any atom is -0.328 e. The van der Waals surface area contributed by atoms with Gasteiger partial charge in [0.25, 0.3) is 5.56 Å². The van der Waals surface area contributed by atoms with E-state index in [0.29, 0.717) is 11.2 Å². The van der Waals surface area contributed by atoms with Crippen LogP contribution in [0.15, 0.2) is 15.9 Å². The molecule has 0 aliphatic rings. The highest BCUT2D eigenvalue weighted by molar-refractivity contribution is 5.69. The molecule has 14 heavy (non-hydrogen) atoms. The van der Waals surface area contributed by atoms with Gasteiger partial charge in [0.05, 0.1) is 6.33 Å². The van der Waals surface area contributed by atoms with Crippen molar-refractivity contribution in [2.45, 2.75) is 0 Å². The Labute approximate surface area is 79.0 Å². The number of rotatable bonds is 0. The quantitative estimate of drug-likeness (QED) is 0.507. The molecule has 2 heterocycles. The number of hydrogen-bond donors (Lipinski definition) is 0. The van der Waals surface area contributed by atoms with E-state index in [2.05, 4.69) is 4.98 Å². The van der Waals surface area contributed by atoms with Crippen LogP contribution in [0.25, 0.3) is 11.2 Å². The third-order valence-corrected chi connectivity index (χ3v) is 2.32. The lowest BCUT2D eigenvalue weighted by atomic mass is 10.5. The number of nitrogens with zero attached hydrogens (tertiary/aromatic N) is 4. The average Bonchev–Trinajstić information content (AvgIpc) is 2.54. The van der Waals surface area contributed by atoms with Gasteiger partial charge in [0.15, 0.2) is 11.2 Å². The van der Waals surface area contributed by atoms with Gasteiger partial charge in [0.2, 0.25) is 0 Å². The lowest BCUT2D eigenvalue weighted by molar-refractivity contribution is 0.705.